The van der Waals surface area contributed by atoms with Crippen molar-refractivity contribution in [2.24, 2.45) is 10.5 Å². The number of carbonyl (C=O) groups excluding carboxylic acids is 4. The fourth-order valence-electron chi connectivity index (χ4n) is 5.47. The van der Waals surface area contributed by atoms with Gasteiger partial charge in [-0.05, 0) is 95.7 Å². The van der Waals surface area contributed by atoms with Crippen LogP contribution in [0.1, 0.15) is 74.7 Å². The number of anilines is 1. The minimum absolute atomic E-state index is 0.0474. The number of carbonyl (C=O) groups is 4. The Kier molecular flexibility index (Phi) is 13.9. The molecule has 2 aliphatic heterocycles. The van der Waals surface area contributed by atoms with Crippen molar-refractivity contribution in [3.63, 3.8) is 0 Å². The van der Waals surface area contributed by atoms with E-state index in [1.807, 2.05) is 20.8 Å². The summed E-state index contributed by atoms with van der Waals surface area (Å²) in [5.74, 6) is 0.293. The first-order valence-corrected chi connectivity index (χ1v) is 17.2. The minimum atomic E-state index is -0.958. The molecule has 13 nitrogen and oxygen atoms in total. The summed E-state index contributed by atoms with van der Waals surface area (Å²) >= 11 is 0. The fraction of sp³-hybridized carbons (Fsp3) is 0.541. The Morgan fingerprint density at radius 3 is 2.38 bits per heavy atom. The number of halogens is 2. The average molecular weight is 727 g/mol. The molecule has 0 radical (unpaired) electrons. The zero-order chi connectivity index (χ0) is 39.0. The summed E-state index contributed by atoms with van der Waals surface area (Å²) in [5, 5.41) is 8.50. The molecule has 2 heterocycles. The van der Waals surface area contributed by atoms with Crippen molar-refractivity contribution in [2.75, 3.05) is 31.8 Å². The van der Waals surface area contributed by atoms with Crippen LogP contribution in [0.3, 0.4) is 0 Å². The number of nitrogens with zero attached hydrogens (tertiary/aromatic N) is 5. The van der Waals surface area contributed by atoms with Crippen LogP contribution in [0.4, 0.5) is 19.3 Å². The first-order chi connectivity index (χ1) is 24.2. The Morgan fingerprint density at radius 2 is 1.81 bits per heavy atom. The molecule has 3 rings (SSSR count). The second kappa shape index (κ2) is 17.5. The predicted molar refractivity (Wildman–Crippen MR) is 195 cm³/mol. The van der Waals surface area contributed by atoms with Gasteiger partial charge in [-0.15, -0.1) is 17.1 Å². The number of terminal acetylenes is 1. The molecule has 0 saturated carbocycles. The lowest BCUT2D eigenvalue weighted by atomic mass is 9.85. The van der Waals surface area contributed by atoms with Crippen molar-refractivity contribution < 1.29 is 32.7 Å². The summed E-state index contributed by atoms with van der Waals surface area (Å²) in [6.07, 6.45) is 9.21. The highest BCUT2D eigenvalue weighted by atomic mass is 19.1. The molecule has 1 saturated heterocycles. The third-order valence-corrected chi connectivity index (χ3v) is 8.52. The molecule has 1 aromatic carbocycles. The van der Waals surface area contributed by atoms with E-state index in [9.17, 15) is 28.0 Å². The van der Waals surface area contributed by atoms with Crippen LogP contribution in [-0.2, 0) is 19.1 Å². The van der Waals surface area contributed by atoms with Gasteiger partial charge < -0.3 is 19.9 Å². The molecular formula is C37H52F2N8O5. The topological polar surface area (TPSA) is 139 Å². The summed E-state index contributed by atoms with van der Waals surface area (Å²) in [6, 6.07) is 3.19. The number of ether oxygens (including phenoxy) is 1. The van der Waals surface area contributed by atoms with Crippen LogP contribution in [0.25, 0.3) is 0 Å². The zero-order valence-electron chi connectivity index (χ0n) is 31.5. The maximum absolute atomic E-state index is 14.3. The molecule has 4 amide bonds. The van der Waals surface area contributed by atoms with Gasteiger partial charge in [0, 0.05) is 38.3 Å². The third kappa shape index (κ3) is 11.5. The maximum atomic E-state index is 14.3. The molecule has 2 aliphatic rings. The highest BCUT2D eigenvalue weighted by molar-refractivity contribution is 6.38. The maximum Gasteiger partial charge on any atom is 0.410 e. The van der Waals surface area contributed by atoms with Crippen LogP contribution in [0.15, 0.2) is 52.9 Å². The van der Waals surface area contributed by atoms with E-state index < -0.39 is 58.7 Å². The molecule has 0 bridgehead atoms. The number of amides is 4. The van der Waals surface area contributed by atoms with Gasteiger partial charge >= 0.3 is 6.09 Å². The molecular weight excluding hydrogens is 674 g/mol. The standard InChI is InChI=1S/C37H52F2N8O5/c1-11-26(15-14-24(2)38)20-22-45(34(50)31-41-43-47(42-31)28-18-16-27(39)17-19-28)23-29-13-12-21-46(29)33(49)30(36(4,5)6)40-32(48)25(3)44(10)35(51)52-37(7,8)9/h1,14-19,25,29-30,43H,12-13,20-23H2,2-10H3,(H,40,48)(H,41,42)/b24-14+,26-15+/t25-,29-,30+/m0/s1. The second-order valence-corrected chi connectivity index (χ2v) is 15.0. The van der Waals surface area contributed by atoms with E-state index in [2.05, 4.69) is 27.3 Å². The van der Waals surface area contributed by atoms with Crippen molar-refractivity contribution in [3.05, 3.63) is 53.6 Å². The minimum Gasteiger partial charge on any atom is -0.444 e. The number of rotatable bonds is 12. The molecule has 0 spiro atoms. The number of hydrogen-bond acceptors (Lipinski definition) is 9. The van der Waals surface area contributed by atoms with Gasteiger partial charge in [-0.25, -0.2) is 13.6 Å². The van der Waals surface area contributed by atoms with Crippen molar-refractivity contribution in [1.29, 1.82) is 0 Å². The van der Waals surface area contributed by atoms with Crippen LogP contribution >= 0.6 is 0 Å². The average Bonchev–Trinajstić information content (AvgIpc) is 3.74. The molecule has 1 fully saturated rings. The van der Waals surface area contributed by atoms with Crippen LogP contribution in [0.5, 0.6) is 0 Å². The highest BCUT2D eigenvalue weighted by Crippen LogP contribution is 2.27. The number of hydrazone groups is 1. The van der Waals surface area contributed by atoms with Gasteiger partial charge in [0.05, 0.1) is 11.5 Å². The van der Waals surface area contributed by atoms with E-state index in [1.165, 1.54) is 65.3 Å². The monoisotopic (exact) mass is 726 g/mol. The van der Waals surface area contributed by atoms with Crippen LogP contribution in [0, 0.1) is 23.6 Å². The van der Waals surface area contributed by atoms with Crippen LogP contribution < -0.4 is 21.4 Å². The highest BCUT2D eigenvalue weighted by Gasteiger charge is 2.42. The van der Waals surface area contributed by atoms with Crippen molar-refractivity contribution in [1.82, 2.24) is 31.0 Å². The van der Waals surface area contributed by atoms with E-state index in [-0.39, 0.29) is 31.3 Å². The summed E-state index contributed by atoms with van der Waals surface area (Å²) in [4.78, 5) is 58.8. The van der Waals surface area contributed by atoms with E-state index in [0.717, 1.165) is 0 Å². The Hall–Kier alpha value is -4.97. The van der Waals surface area contributed by atoms with Gasteiger partial charge in [0.2, 0.25) is 17.6 Å². The fourth-order valence-corrected chi connectivity index (χ4v) is 5.47. The Labute approximate surface area is 305 Å². The molecule has 3 atom stereocenters. The van der Waals surface area contributed by atoms with Gasteiger partial charge in [0.1, 0.15) is 23.5 Å². The number of hydrogen-bond donors (Lipinski definition) is 3. The number of benzene rings is 1. The Balaban J connectivity index is 1.85. The summed E-state index contributed by atoms with van der Waals surface area (Å²) in [6.45, 7) is 14.2. The van der Waals surface area contributed by atoms with E-state index in [1.54, 1.807) is 32.6 Å². The second-order valence-electron chi connectivity index (χ2n) is 15.0. The van der Waals surface area contributed by atoms with Gasteiger partial charge in [0.25, 0.3) is 5.91 Å². The summed E-state index contributed by atoms with van der Waals surface area (Å²) in [7, 11) is 1.46. The first kappa shape index (κ1) is 41.5. The third-order valence-electron chi connectivity index (χ3n) is 8.52. The lowest BCUT2D eigenvalue weighted by molar-refractivity contribution is -0.142. The Bertz CT molecular complexity index is 1600. The van der Waals surface area contributed by atoms with Crippen molar-refractivity contribution in [2.45, 2.75) is 98.4 Å². The molecule has 284 valence electrons. The SMILES string of the molecule is C#C/C(=C\C=C(/C)F)CCN(C[C@@H]1CCCN1C(=O)[C@@H](NC(=O)[C@H](C)N(C)C(=O)OC(C)(C)C)C(C)(C)C)C(=O)C1=NN(c2ccc(F)cc2)NN1. The van der Waals surface area contributed by atoms with Gasteiger partial charge in [-0.3, -0.25) is 24.7 Å². The number of amidine groups is 1. The lowest BCUT2D eigenvalue weighted by Crippen LogP contribution is -2.60. The number of likely N-dealkylation sites (N-methyl/N-ethyl adjacent to an activating group) is 1. The molecule has 1 aromatic rings. The number of allylic oxidation sites excluding steroid dienone is 3. The van der Waals surface area contributed by atoms with Gasteiger partial charge in [0.15, 0.2) is 0 Å². The van der Waals surface area contributed by atoms with Gasteiger partial charge in [-0.2, -0.15) is 5.12 Å². The predicted octanol–water partition coefficient (Wildman–Crippen LogP) is 4.40. The Morgan fingerprint density at radius 1 is 1.15 bits per heavy atom. The zero-order valence-corrected chi connectivity index (χ0v) is 31.5. The molecule has 15 heteroatoms. The van der Waals surface area contributed by atoms with Gasteiger partial charge in [-0.1, -0.05) is 26.7 Å². The first-order valence-electron chi connectivity index (χ1n) is 17.2. The smallest absolute Gasteiger partial charge is 0.410 e. The van der Waals surface area contributed by atoms with E-state index in [4.69, 9.17) is 11.2 Å². The van der Waals surface area contributed by atoms with Crippen molar-refractivity contribution >= 4 is 35.3 Å². The quantitative estimate of drug-likeness (QED) is 0.213. The van der Waals surface area contributed by atoms with E-state index in [0.29, 0.717) is 30.6 Å². The van der Waals surface area contributed by atoms with Crippen molar-refractivity contribution in [3.8, 4) is 12.3 Å². The number of nitrogens with one attached hydrogen (secondary N) is 3. The largest absolute Gasteiger partial charge is 0.444 e. The molecule has 0 aliphatic carbocycles. The molecule has 0 unspecified atom stereocenters. The van der Waals surface area contributed by atoms with Crippen LogP contribution in [0.2, 0.25) is 0 Å². The normalized spacial score (nSPS) is 17.8. The summed E-state index contributed by atoms with van der Waals surface area (Å²) < 4.78 is 32.4. The van der Waals surface area contributed by atoms with E-state index >= 15 is 0 Å². The lowest BCUT2D eigenvalue weighted by Gasteiger charge is -2.38. The summed E-state index contributed by atoms with van der Waals surface area (Å²) in [5.41, 5.74) is 5.00. The number of likely N-dealkylation sites (tertiary alicyclic amines) is 1. The molecule has 0 aromatic heterocycles. The number of hydrazine groups is 2. The molecule has 3 N–H and O–H groups in total. The van der Waals surface area contributed by atoms with Crippen LogP contribution in [-0.4, -0.2) is 94.8 Å². The molecule has 52 heavy (non-hydrogen) atoms.